The molecule has 1 N–H and O–H groups in total. The van der Waals surface area contributed by atoms with Gasteiger partial charge in [-0.1, -0.05) is 23.2 Å². The Labute approximate surface area is 140 Å². The van der Waals surface area contributed by atoms with Gasteiger partial charge in [-0.15, -0.1) is 11.3 Å². The summed E-state index contributed by atoms with van der Waals surface area (Å²) in [5, 5.41) is 5.52. The molecule has 0 atom stereocenters. The SMILES string of the molecule is Cc1sc2nc(Cl)nc(Nc3cc(Cl)ccc3Cl)c2c1C. The summed E-state index contributed by atoms with van der Waals surface area (Å²) in [4.78, 5) is 10.6. The van der Waals surface area contributed by atoms with Crippen molar-refractivity contribution < 1.29 is 0 Å². The lowest BCUT2D eigenvalue weighted by molar-refractivity contribution is 1.22. The third kappa shape index (κ3) is 2.81. The van der Waals surface area contributed by atoms with Crippen LogP contribution in [0.2, 0.25) is 15.3 Å². The Hall–Kier alpha value is -1.07. The number of nitrogens with zero attached hydrogens (tertiary/aromatic N) is 2. The van der Waals surface area contributed by atoms with Crippen molar-refractivity contribution in [2.24, 2.45) is 0 Å². The van der Waals surface area contributed by atoms with Crippen molar-refractivity contribution in [3.63, 3.8) is 0 Å². The van der Waals surface area contributed by atoms with Crippen molar-refractivity contribution in [1.82, 2.24) is 9.97 Å². The van der Waals surface area contributed by atoms with E-state index in [1.807, 2.05) is 13.8 Å². The van der Waals surface area contributed by atoms with Gasteiger partial charge in [0.05, 0.1) is 16.1 Å². The summed E-state index contributed by atoms with van der Waals surface area (Å²) in [7, 11) is 0. The fourth-order valence-corrected chi connectivity index (χ4v) is 3.62. The van der Waals surface area contributed by atoms with Crippen LogP contribution in [0.15, 0.2) is 18.2 Å². The van der Waals surface area contributed by atoms with E-state index in [2.05, 4.69) is 15.3 Å². The van der Waals surface area contributed by atoms with Crippen LogP contribution in [0.3, 0.4) is 0 Å². The molecule has 0 saturated heterocycles. The van der Waals surface area contributed by atoms with E-state index in [-0.39, 0.29) is 5.28 Å². The van der Waals surface area contributed by atoms with Crippen molar-refractivity contribution in [2.45, 2.75) is 13.8 Å². The fraction of sp³-hybridized carbons (Fsp3) is 0.143. The predicted octanol–water partition coefficient (Wildman–Crippen LogP) is 6.01. The van der Waals surface area contributed by atoms with Gasteiger partial charge in [-0.05, 0) is 49.2 Å². The first-order chi connectivity index (χ1) is 9.95. The highest BCUT2D eigenvalue weighted by Gasteiger charge is 2.15. The maximum atomic E-state index is 6.19. The van der Waals surface area contributed by atoms with Gasteiger partial charge in [0.1, 0.15) is 10.6 Å². The van der Waals surface area contributed by atoms with Crippen molar-refractivity contribution >= 4 is 67.9 Å². The number of rotatable bonds is 2. The van der Waals surface area contributed by atoms with Gasteiger partial charge < -0.3 is 5.32 Å². The van der Waals surface area contributed by atoms with E-state index in [0.717, 1.165) is 15.8 Å². The first-order valence-electron chi connectivity index (χ1n) is 6.11. The monoisotopic (exact) mass is 357 g/mol. The lowest BCUT2D eigenvalue weighted by atomic mass is 10.2. The van der Waals surface area contributed by atoms with Crippen LogP contribution in [0.4, 0.5) is 11.5 Å². The van der Waals surface area contributed by atoms with Crippen LogP contribution in [-0.4, -0.2) is 9.97 Å². The van der Waals surface area contributed by atoms with E-state index in [1.165, 1.54) is 4.88 Å². The largest absolute Gasteiger partial charge is 0.338 e. The third-order valence-electron chi connectivity index (χ3n) is 3.18. The van der Waals surface area contributed by atoms with Gasteiger partial charge in [0.15, 0.2) is 0 Å². The molecule has 2 aromatic heterocycles. The van der Waals surface area contributed by atoms with Crippen molar-refractivity contribution in [3.8, 4) is 0 Å². The molecule has 0 unspecified atom stereocenters. The lowest BCUT2D eigenvalue weighted by Gasteiger charge is -2.10. The van der Waals surface area contributed by atoms with Crippen LogP contribution in [0.1, 0.15) is 10.4 Å². The summed E-state index contributed by atoms with van der Waals surface area (Å²) in [5.41, 5.74) is 1.82. The van der Waals surface area contributed by atoms with Crippen LogP contribution in [0.5, 0.6) is 0 Å². The number of hydrogen-bond donors (Lipinski definition) is 1. The Kier molecular flexibility index (Phi) is 3.97. The molecular weight excluding hydrogens is 349 g/mol. The highest BCUT2D eigenvalue weighted by atomic mass is 35.5. The Morgan fingerprint density at radius 2 is 1.86 bits per heavy atom. The first-order valence-corrected chi connectivity index (χ1v) is 8.06. The Balaban J connectivity index is 2.18. The first kappa shape index (κ1) is 14.9. The number of benzene rings is 1. The van der Waals surface area contributed by atoms with Crippen molar-refractivity contribution in [3.05, 3.63) is 44.0 Å². The van der Waals surface area contributed by atoms with Gasteiger partial charge in [-0.3, -0.25) is 0 Å². The number of anilines is 2. The van der Waals surface area contributed by atoms with E-state index in [1.54, 1.807) is 29.5 Å². The molecular formula is C14H10Cl3N3S. The Morgan fingerprint density at radius 3 is 2.62 bits per heavy atom. The van der Waals surface area contributed by atoms with E-state index in [4.69, 9.17) is 34.8 Å². The zero-order valence-corrected chi connectivity index (χ0v) is 14.3. The molecule has 0 aliphatic carbocycles. The number of fused-ring (bicyclic) bond motifs is 1. The molecule has 1 aromatic carbocycles. The number of aromatic nitrogens is 2. The summed E-state index contributed by atoms with van der Waals surface area (Å²) in [6.07, 6.45) is 0. The molecule has 3 rings (SSSR count). The molecule has 21 heavy (non-hydrogen) atoms. The Bertz CT molecular complexity index is 845. The van der Waals surface area contributed by atoms with E-state index in [9.17, 15) is 0 Å². The van der Waals surface area contributed by atoms with Crippen LogP contribution < -0.4 is 5.32 Å². The molecule has 0 aliphatic rings. The number of thiophene rings is 1. The molecule has 3 aromatic rings. The molecule has 2 heterocycles. The van der Waals surface area contributed by atoms with Gasteiger partial charge >= 0.3 is 0 Å². The molecule has 0 spiro atoms. The van der Waals surface area contributed by atoms with E-state index in [0.29, 0.717) is 21.6 Å². The minimum Gasteiger partial charge on any atom is -0.338 e. The zero-order chi connectivity index (χ0) is 15.1. The second-order valence-electron chi connectivity index (χ2n) is 4.55. The van der Waals surface area contributed by atoms with Crippen molar-refractivity contribution in [1.29, 1.82) is 0 Å². The topological polar surface area (TPSA) is 37.8 Å². The summed E-state index contributed by atoms with van der Waals surface area (Å²) < 4.78 is 0. The smallest absolute Gasteiger partial charge is 0.225 e. The maximum absolute atomic E-state index is 6.19. The second-order valence-corrected chi connectivity index (χ2v) is 6.94. The number of hydrogen-bond acceptors (Lipinski definition) is 4. The summed E-state index contributed by atoms with van der Waals surface area (Å²) in [6, 6.07) is 5.22. The van der Waals surface area contributed by atoms with Gasteiger partial charge in [0.25, 0.3) is 0 Å². The summed E-state index contributed by atoms with van der Waals surface area (Å²) in [6.45, 7) is 4.09. The molecule has 0 aliphatic heterocycles. The van der Waals surface area contributed by atoms with Crippen molar-refractivity contribution in [2.75, 3.05) is 5.32 Å². The summed E-state index contributed by atoms with van der Waals surface area (Å²) >= 11 is 19.8. The average molecular weight is 359 g/mol. The van der Waals surface area contributed by atoms with Crippen LogP contribution >= 0.6 is 46.1 Å². The quantitative estimate of drug-likeness (QED) is 0.570. The van der Waals surface area contributed by atoms with Crippen LogP contribution in [0, 0.1) is 13.8 Å². The van der Waals surface area contributed by atoms with Gasteiger partial charge in [-0.2, -0.15) is 4.98 Å². The minimum absolute atomic E-state index is 0.199. The highest BCUT2D eigenvalue weighted by Crippen LogP contribution is 2.36. The zero-order valence-electron chi connectivity index (χ0n) is 11.2. The van der Waals surface area contributed by atoms with Crippen LogP contribution in [0.25, 0.3) is 10.2 Å². The molecule has 0 radical (unpaired) electrons. The molecule has 0 fully saturated rings. The average Bonchev–Trinajstić information content (AvgIpc) is 2.69. The maximum Gasteiger partial charge on any atom is 0.225 e. The molecule has 7 heteroatoms. The van der Waals surface area contributed by atoms with E-state index >= 15 is 0 Å². The molecule has 0 bridgehead atoms. The highest BCUT2D eigenvalue weighted by molar-refractivity contribution is 7.18. The van der Waals surface area contributed by atoms with E-state index < -0.39 is 0 Å². The van der Waals surface area contributed by atoms with Gasteiger partial charge in [-0.25, -0.2) is 4.98 Å². The second kappa shape index (κ2) is 5.61. The number of aryl methyl sites for hydroxylation is 2. The van der Waals surface area contributed by atoms with Crippen LogP contribution in [-0.2, 0) is 0 Å². The molecule has 108 valence electrons. The predicted molar refractivity (Wildman–Crippen MR) is 91.6 cm³/mol. The molecule has 0 saturated carbocycles. The fourth-order valence-electron chi connectivity index (χ4n) is 2.03. The minimum atomic E-state index is 0.199. The standard InChI is InChI=1S/C14H10Cl3N3S/c1-6-7(2)21-13-11(6)12(19-14(17)20-13)18-10-5-8(15)3-4-9(10)16/h3-5H,1-2H3,(H,18,19,20). The molecule has 3 nitrogen and oxygen atoms in total. The Morgan fingerprint density at radius 1 is 1.10 bits per heavy atom. The normalized spacial score (nSPS) is 11.1. The van der Waals surface area contributed by atoms with Gasteiger partial charge in [0.2, 0.25) is 5.28 Å². The number of halogens is 3. The summed E-state index contributed by atoms with van der Waals surface area (Å²) in [5.74, 6) is 0.635. The third-order valence-corrected chi connectivity index (χ3v) is 5.02. The van der Waals surface area contributed by atoms with Gasteiger partial charge in [0, 0.05) is 9.90 Å². The molecule has 0 amide bonds. The number of nitrogens with one attached hydrogen (secondary N) is 1. The lowest BCUT2D eigenvalue weighted by Crippen LogP contribution is -1.97.